The molecule has 0 saturated carbocycles. The summed E-state index contributed by atoms with van der Waals surface area (Å²) in [5.41, 5.74) is 2.84. The largest absolute Gasteiger partial charge is 0.495 e. The second kappa shape index (κ2) is 8.50. The molecule has 0 aliphatic carbocycles. The Hall–Kier alpha value is -2.93. The molecule has 0 fully saturated rings. The third-order valence-corrected chi connectivity index (χ3v) is 3.11. The number of hydrogen-bond acceptors (Lipinski definition) is 3. The Morgan fingerprint density at radius 2 is 1.96 bits per heavy atom. The highest BCUT2D eigenvalue weighted by Crippen LogP contribution is 2.18. The highest BCUT2D eigenvalue weighted by atomic mass is 16.5. The molecule has 118 valence electrons. The van der Waals surface area contributed by atoms with Crippen LogP contribution in [0.2, 0.25) is 0 Å². The van der Waals surface area contributed by atoms with Crippen molar-refractivity contribution in [3.8, 4) is 17.6 Å². The van der Waals surface area contributed by atoms with E-state index in [0.717, 1.165) is 22.4 Å². The van der Waals surface area contributed by atoms with Crippen LogP contribution in [0.5, 0.6) is 5.75 Å². The molecule has 0 unspecified atom stereocenters. The summed E-state index contributed by atoms with van der Waals surface area (Å²) in [4.78, 5) is 11.6. The van der Waals surface area contributed by atoms with Crippen LogP contribution in [-0.2, 0) is 11.3 Å². The van der Waals surface area contributed by atoms with Crippen LogP contribution in [0.3, 0.4) is 0 Å². The van der Waals surface area contributed by atoms with Gasteiger partial charge >= 0.3 is 6.09 Å². The number of carbonyl (C=O) groups is 1. The number of ether oxygens (including phenoxy) is 2. The van der Waals surface area contributed by atoms with Gasteiger partial charge in [0.25, 0.3) is 0 Å². The second-order valence-corrected chi connectivity index (χ2v) is 4.92. The molecule has 1 amide bonds. The van der Waals surface area contributed by atoms with Gasteiger partial charge in [0.1, 0.15) is 12.4 Å². The number of rotatable bonds is 4. The van der Waals surface area contributed by atoms with Crippen molar-refractivity contribution in [1.82, 2.24) is 5.32 Å². The molecule has 0 spiro atoms. The average molecular weight is 309 g/mol. The zero-order chi connectivity index (χ0) is 16.5. The molecule has 2 aromatic carbocycles. The summed E-state index contributed by atoms with van der Waals surface area (Å²) in [6.45, 7) is 2.44. The molecule has 0 radical (unpaired) electrons. The molecule has 4 heteroatoms. The summed E-state index contributed by atoms with van der Waals surface area (Å²) >= 11 is 0. The number of hydrogen-bond donors (Lipinski definition) is 1. The highest BCUT2D eigenvalue weighted by molar-refractivity contribution is 5.67. The molecule has 0 heterocycles. The number of nitrogens with one attached hydrogen (secondary N) is 1. The number of carbonyl (C=O) groups excluding carboxylic acids is 1. The van der Waals surface area contributed by atoms with E-state index in [-0.39, 0.29) is 13.2 Å². The van der Waals surface area contributed by atoms with Crippen molar-refractivity contribution in [1.29, 1.82) is 0 Å². The Balaban J connectivity index is 1.81. The fraction of sp³-hybridized carbons (Fsp3) is 0.211. The summed E-state index contributed by atoms with van der Waals surface area (Å²) < 4.78 is 10.4. The maximum absolute atomic E-state index is 11.6. The van der Waals surface area contributed by atoms with Crippen molar-refractivity contribution >= 4 is 6.09 Å². The van der Waals surface area contributed by atoms with Gasteiger partial charge in [0.05, 0.1) is 19.2 Å². The quantitative estimate of drug-likeness (QED) is 0.882. The number of benzene rings is 2. The lowest BCUT2D eigenvalue weighted by atomic mass is 10.1. The van der Waals surface area contributed by atoms with Gasteiger partial charge < -0.3 is 14.8 Å². The lowest BCUT2D eigenvalue weighted by Gasteiger charge is -2.05. The van der Waals surface area contributed by atoms with Gasteiger partial charge in [0, 0.05) is 0 Å². The molecular weight excluding hydrogens is 290 g/mol. The van der Waals surface area contributed by atoms with Crippen molar-refractivity contribution in [3.05, 3.63) is 65.2 Å². The molecule has 0 aliphatic heterocycles. The van der Waals surface area contributed by atoms with Gasteiger partial charge in [-0.1, -0.05) is 48.2 Å². The number of alkyl carbamates (subject to hydrolysis) is 1. The molecule has 1 N–H and O–H groups in total. The first kappa shape index (κ1) is 16.4. The van der Waals surface area contributed by atoms with Gasteiger partial charge in [-0.3, -0.25) is 0 Å². The number of amides is 1. The molecular formula is C19H19NO3. The molecule has 2 rings (SSSR count). The molecule has 4 nitrogen and oxygen atoms in total. The Bertz CT molecular complexity index is 714. The minimum atomic E-state index is -0.487. The number of aryl methyl sites for hydroxylation is 1. The third-order valence-electron chi connectivity index (χ3n) is 3.11. The maximum Gasteiger partial charge on any atom is 0.408 e. The van der Waals surface area contributed by atoms with Gasteiger partial charge in [-0.25, -0.2) is 4.79 Å². The Labute approximate surface area is 136 Å². The third kappa shape index (κ3) is 5.40. The monoisotopic (exact) mass is 309 g/mol. The van der Waals surface area contributed by atoms with Gasteiger partial charge in [-0.15, -0.1) is 0 Å². The molecule has 2 aromatic rings. The number of methoxy groups -OCH3 is 1. The average Bonchev–Trinajstić information content (AvgIpc) is 2.58. The van der Waals surface area contributed by atoms with E-state index in [9.17, 15) is 4.79 Å². The van der Waals surface area contributed by atoms with Crippen LogP contribution in [0.1, 0.15) is 16.7 Å². The summed E-state index contributed by atoms with van der Waals surface area (Å²) in [6, 6.07) is 15.3. The second-order valence-electron chi connectivity index (χ2n) is 4.92. The van der Waals surface area contributed by atoms with Gasteiger partial charge in [0.15, 0.2) is 0 Å². The van der Waals surface area contributed by atoms with Crippen LogP contribution < -0.4 is 10.1 Å². The van der Waals surface area contributed by atoms with Crippen molar-refractivity contribution < 1.29 is 14.3 Å². The van der Waals surface area contributed by atoms with E-state index in [1.165, 1.54) is 0 Å². The van der Waals surface area contributed by atoms with Crippen molar-refractivity contribution in [3.63, 3.8) is 0 Å². The SMILES string of the molecule is COc1ccc(C)cc1C#CCNC(=O)OCc1ccccc1. The van der Waals surface area contributed by atoms with Crippen LogP contribution in [0.15, 0.2) is 48.5 Å². The molecule has 0 aromatic heterocycles. The van der Waals surface area contributed by atoms with E-state index in [1.807, 2.05) is 55.5 Å². The van der Waals surface area contributed by atoms with Crippen molar-refractivity contribution in [2.45, 2.75) is 13.5 Å². The van der Waals surface area contributed by atoms with E-state index in [0.29, 0.717) is 0 Å². The van der Waals surface area contributed by atoms with Crippen LogP contribution in [0.25, 0.3) is 0 Å². The van der Waals surface area contributed by atoms with E-state index >= 15 is 0 Å². The van der Waals surface area contributed by atoms with Gasteiger partial charge in [-0.05, 0) is 30.2 Å². The fourth-order valence-electron chi connectivity index (χ4n) is 1.95. The lowest BCUT2D eigenvalue weighted by molar-refractivity contribution is 0.141. The van der Waals surface area contributed by atoms with Crippen LogP contribution in [0.4, 0.5) is 4.79 Å². The first-order valence-electron chi connectivity index (χ1n) is 7.27. The summed E-state index contributed by atoms with van der Waals surface area (Å²) in [6.07, 6.45) is -0.487. The first-order chi connectivity index (χ1) is 11.2. The minimum absolute atomic E-state index is 0.213. The van der Waals surface area contributed by atoms with E-state index in [4.69, 9.17) is 9.47 Å². The molecule has 0 aliphatic rings. The fourth-order valence-corrected chi connectivity index (χ4v) is 1.95. The summed E-state index contributed by atoms with van der Waals surface area (Å²) in [5, 5.41) is 2.60. The predicted octanol–water partition coefficient (Wildman–Crippen LogP) is 3.28. The zero-order valence-corrected chi connectivity index (χ0v) is 13.3. The topological polar surface area (TPSA) is 47.6 Å². The molecule has 23 heavy (non-hydrogen) atoms. The van der Waals surface area contributed by atoms with E-state index in [2.05, 4.69) is 17.2 Å². The summed E-state index contributed by atoms with van der Waals surface area (Å²) in [7, 11) is 1.61. The van der Waals surface area contributed by atoms with Crippen LogP contribution in [0, 0.1) is 18.8 Å². The molecule has 0 atom stereocenters. The van der Waals surface area contributed by atoms with E-state index < -0.39 is 6.09 Å². The van der Waals surface area contributed by atoms with Crippen molar-refractivity contribution in [2.24, 2.45) is 0 Å². The first-order valence-corrected chi connectivity index (χ1v) is 7.27. The van der Waals surface area contributed by atoms with Crippen LogP contribution in [-0.4, -0.2) is 19.7 Å². The minimum Gasteiger partial charge on any atom is -0.495 e. The predicted molar refractivity (Wildman–Crippen MR) is 89.2 cm³/mol. The summed E-state index contributed by atoms with van der Waals surface area (Å²) in [5.74, 6) is 6.60. The lowest BCUT2D eigenvalue weighted by Crippen LogP contribution is -2.24. The molecule has 0 saturated heterocycles. The standard InChI is InChI=1S/C19H19NO3/c1-15-10-11-18(22-2)17(13-15)9-6-12-20-19(21)23-14-16-7-4-3-5-8-16/h3-5,7-8,10-11,13H,12,14H2,1-2H3,(H,20,21). The normalized spacial score (nSPS) is 9.48. The van der Waals surface area contributed by atoms with Gasteiger partial charge in [-0.2, -0.15) is 0 Å². The maximum atomic E-state index is 11.6. The smallest absolute Gasteiger partial charge is 0.408 e. The Morgan fingerprint density at radius 1 is 1.17 bits per heavy atom. The molecule has 0 bridgehead atoms. The van der Waals surface area contributed by atoms with Gasteiger partial charge in [0.2, 0.25) is 0 Å². The van der Waals surface area contributed by atoms with E-state index in [1.54, 1.807) is 7.11 Å². The Morgan fingerprint density at radius 3 is 2.70 bits per heavy atom. The highest BCUT2D eigenvalue weighted by Gasteiger charge is 2.01. The van der Waals surface area contributed by atoms with Crippen LogP contribution >= 0.6 is 0 Å². The Kier molecular flexibility index (Phi) is 6.07. The van der Waals surface area contributed by atoms with Crippen molar-refractivity contribution in [2.75, 3.05) is 13.7 Å². The zero-order valence-electron chi connectivity index (χ0n) is 13.3.